The van der Waals surface area contributed by atoms with E-state index >= 15 is 0 Å². The average Bonchev–Trinajstić information content (AvgIpc) is 2.28. The summed E-state index contributed by atoms with van der Waals surface area (Å²) in [5, 5.41) is 0. The topological polar surface area (TPSA) is 21.7 Å². The van der Waals surface area contributed by atoms with E-state index < -0.39 is 5.53 Å². The molecule has 0 heterocycles. The molecule has 0 fully saturated rings. The Kier molecular flexibility index (Phi) is 3.68. The van der Waals surface area contributed by atoms with E-state index in [1.165, 1.54) is 0 Å². The predicted octanol–water partition coefficient (Wildman–Crippen LogP) is 0.392. The van der Waals surface area contributed by atoms with Crippen molar-refractivity contribution < 1.29 is 9.47 Å². The van der Waals surface area contributed by atoms with Crippen LogP contribution >= 0.6 is 0 Å². The number of benzene rings is 1. The molecule has 0 atom stereocenters. The second-order valence-electron chi connectivity index (χ2n) is 3.20. The zero-order valence-corrected chi connectivity index (χ0v) is 11.2. The van der Waals surface area contributed by atoms with E-state index in [1.54, 1.807) is 14.2 Å². The predicted molar refractivity (Wildman–Crippen MR) is 61.5 cm³/mol. The molecule has 14 heavy (non-hydrogen) atoms. The highest BCUT2D eigenvalue weighted by Crippen LogP contribution is 2.20. The summed E-state index contributed by atoms with van der Waals surface area (Å²) in [6.07, 6.45) is 0. The summed E-state index contributed by atoms with van der Waals surface area (Å²) in [6.45, 7) is 0. The highest BCUT2D eigenvalue weighted by Gasteiger charge is 2.27. The average molecular weight is 211 g/mol. The summed E-state index contributed by atoms with van der Waals surface area (Å²) in [6, 6.07) is 10.1. The van der Waals surface area contributed by atoms with Crippen LogP contribution < -0.4 is 4.90 Å². The van der Waals surface area contributed by atoms with Gasteiger partial charge >= 0.3 is 0 Å². The van der Waals surface area contributed by atoms with Crippen LogP contribution in [0.25, 0.3) is 0 Å². The van der Waals surface area contributed by atoms with E-state index in [4.69, 9.17) is 9.47 Å². The fourth-order valence-electron chi connectivity index (χ4n) is 1.24. The molecule has 1 aromatic rings. The van der Waals surface area contributed by atoms with Gasteiger partial charge in [0.1, 0.15) is 10.2 Å². The third kappa shape index (κ3) is 2.15. The zero-order chi connectivity index (χ0) is 10.6. The largest absolute Gasteiger partial charge is 0.341 e. The van der Waals surface area contributed by atoms with Crippen molar-refractivity contribution in [3.63, 3.8) is 0 Å². The Balaban J connectivity index is 2.89. The maximum absolute atomic E-state index is 5.37. The molecule has 1 rings (SSSR count). The molecule has 4 heteroatoms. The smallest absolute Gasteiger partial charge is 0.215 e. The van der Waals surface area contributed by atoms with Gasteiger partial charge in [-0.05, 0) is 12.1 Å². The van der Waals surface area contributed by atoms with Gasteiger partial charge in [-0.2, -0.15) is 0 Å². The van der Waals surface area contributed by atoms with E-state index in [2.05, 4.69) is 0 Å². The molecule has 0 aliphatic carbocycles. The van der Waals surface area contributed by atoms with E-state index in [9.17, 15) is 0 Å². The molecule has 0 aliphatic heterocycles. The van der Waals surface area contributed by atoms with Crippen molar-refractivity contribution in [3.8, 4) is 0 Å². The van der Waals surface area contributed by atoms with E-state index in [0.29, 0.717) is 0 Å². The maximum atomic E-state index is 5.37. The highest BCUT2D eigenvalue weighted by molar-refractivity contribution is 6.14. The summed E-state index contributed by atoms with van der Waals surface area (Å²) >= 11 is 0. The summed E-state index contributed by atoms with van der Waals surface area (Å²) in [5.41, 5.74) is 0.507. The van der Waals surface area contributed by atoms with Gasteiger partial charge in [0.2, 0.25) is 5.53 Å². The van der Waals surface area contributed by atoms with Crippen LogP contribution in [0.2, 0.25) is 0 Å². The summed E-state index contributed by atoms with van der Waals surface area (Å²) in [5.74, 6) is 0. The first-order valence-corrected chi connectivity index (χ1v) is 5.53. The zero-order valence-electron chi connectivity index (χ0n) is 9.15. The highest BCUT2D eigenvalue weighted by atomic mass is 28.1. The van der Waals surface area contributed by atoms with Gasteiger partial charge in [-0.3, -0.25) is 0 Å². The molecule has 78 valence electrons. The van der Waals surface area contributed by atoms with Crippen LogP contribution in [0, 0.1) is 0 Å². The van der Waals surface area contributed by atoms with Gasteiger partial charge in [-0.1, -0.05) is 18.2 Å². The van der Waals surface area contributed by atoms with Crippen LogP contribution in [0.5, 0.6) is 0 Å². The van der Waals surface area contributed by atoms with Gasteiger partial charge in [0.25, 0.3) is 0 Å². The van der Waals surface area contributed by atoms with Crippen LogP contribution in [-0.4, -0.2) is 37.0 Å². The fraction of sp³-hybridized carbons (Fsp3) is 0.400. The molecule has 3 nitrogen and oxygen atoms in total. The molecule has 0 amide bonds. The van der Waals surface area contributed by atoms with Crippen molar-refractivity contribution in [2.75, 3.05) is 26.2 Å². The molecule has 0 bridgehead atoms. The van der Waals surface area contributed by atoms with Crippen molar-refractivity contribution in [1.82, 2.24) is 0 Å². The minimum absolute atomic E-state index is 0.582. The van der Waals surface area contributed by atoms with Gasteiger partial charge in [-0.15, -0.1) is 0 Å². The van der Waals surface area contributed by atoms with E-state index in [0.717, 1.165) is 15.9 Å². The molecule has 0 aliphatic rings. The molecule has 0 saturated carbocycles. The summed E-state index contributed by atoms with van der Waals surface area (Å²) in [7, 11) is 6.06. The second kappa shape index (κ2) is 4.59. The van der Waals surface area contributed by atoms with Crippen molar-refractivity contribution in [1.29, 1.82) is 0 Å². The SMILES string of the molecule is COC([SiH3])(OC)N(C)c1ccccc1. The minimum Gasteiger partial charge on any atom is -0.341 e. The molecule has 0 aromatic heterocycles. The number of nitrogens with zero attached hydrogens (tertiary/aromatic N) is 1. The number of hydrogen-bond acceptors (Lipinski definition) is 3. The standard InChI is InChI=1S/C10H17NO2Si/c1-11(10(14,12-2)13-3)9-7-5-4-6-8-9/h4-8H,1-3,14H3. The Bertz CT molecular complexity index is 275. The normalized spacial score (nSPS) is 11.6. The van der Waals surface area contributed by atoms with Crippen LogP contribution in [0.1, 0.15) is 0 Å². The monoisotopic (exact) mass is 211 g/mol. The first-order valence-electron chi connectivity index (χ1n) is 4.53. The third-order valence-electron chi connectivity index (χ3n) is 2.51. The number of para-hydroxylation sites is 1. The molecule has 1 aromatic carbocycles. The molecule has 0 unspecified atom stereocenters. The quantitative estimate of drug-likeness (QED) is 0.531. The Morgan fingerprint density at radius 2 is 1.64 bits per heavy atom. The lowest BCUT2D eigenvalue weighted by atomic mass is 10.3. The Morgan fingerprint density at radius 1 is 1.14 bits per heavy atom. The molecule has 0 spiro atoms. The number of hydrogen-bond donors (Lipinski definition) is 0. The lowest BCUT2D eigenvalue weighted by Crippen LogP contribution is -2.50. The lowest BCUT2D eigenvalue weighted by molar-refractivity contribution is -0.139. The van der Waals surface area contributed by atoms with E-state index in [-0.39, 0.29) is 0 Å². The van der Waals surface area contributed by atoms with Gasteiger partial charge in [-0.25, -0.2) is 0 Å². The summed E-state index contributed by atoms with van der Waals surface area (Å²) < 4.78 is 10.7. The molecule has 0 radical (unpaired) electrons. The van der Waals surface area contributed by atoms with Crippen molar-refractivity contribution in [3.05, 3.63) is 30.3 Å². The van der Waals surface area contributed by atoms with Gasteiger partial charge in [0.15, 0.2) is 0 Å². The summed E-state index contributed by atoms with van der Waals surface area (Å²) in [4.78, 5) is 2.00. The molecule has 0 saturated heterocycles. The number of methoxy groups -OCH3 is 2. The second-order valence-corrected chi connectivity index (χ2v) is 4.46. The maximum Gasteiger partial charge on any atom is 0.215 e. The lowest BCUT2D eigenvalue weighted by Gasteiger charge is -2.37. The molecule has 0 N–H and O–H groups in total. The van der Waals surface area contributed by atoms with Crippen LogP contribution in [0.15, 0.2) is 30.3 Å². The third-order valence-corrected chi connectivity index (χ3v) is 4.00. The van der Waals surface area contributed by atoms with Gasteiger partial charge < -0.3 is 14.4 Å². The van der Waals surface area contributed by atoms with Crippen LogP contribution in [-0.2, 0) is 9.47 Å². The number of rotatable bonds is 4. The van der Waals surface area contributed by atoms with Crippen LogP contribution in [0.4, 0.5) is 5.69 Å². The van der Waals surface area contributed by atoms with Gasteiger partial charge in [0, 0.05) is 27.0 Å². The fourth-order valence-corrected chi connectivity index (χ4v) is 1.50. The van der Waals surface area contributed by atoms with Crippen molar-refractivity contribution >= 4 is 15.9 Å². The van der Waals surface area contributed by atoms with Crippen LogP contribution in [0.3, 0.4) is 0 Å². The van der Waals surface area contributed by atoms with Gasteiger partial charge in [0.05, 0.1) is 0 Å². The first kappa shape index (κ1) is 11.2. The number of ether oxygens (including phenoxy) is 2. The van der Waals surface area contributed by atoms with E-state index in [1.807, 2.05) is 42.3 Å². The molecular weight excluding hydrogens is 194 g/mol. The van der Waals surface area contributed by atoms with Crippen molar-refractivity contribution in [2.45, 2.75) is 5.53 Å². The van der Waals surface area contributed by atoms with Crippen molar-refractivity contribution in [2.24, 2.45) is 0 Å². The minimum atomic E-state index is -0.582. The Morgan fingerprint density at radius 3 is 2.07 bits per heavy atom. The molecular formula is C10H17NO2Si. The first-order chi connectivity index (χ1) is 6.64. The Hall–Kier alpha value is -0.843. The Labute approximate surface area is 88.0 Å². The number of anilines is 1.